The Morgan fingerprint density at radius 2 is 2.23 bits per heavy atom. The van der Waals surface area contributed by atoms with Gasteiger partial charge in [-0.1, -0.05) is 25.1 Å². The summed E-state index contributed by atoms with van der Waals surface area (Å²) < 4.78 is 14.1. The van der Waals surface area contributed by atoms with E-state index in [-0.39, 0.29) is 23.5 Å². The van der Waals surface area contributed by atoms with Crippen LogP contribution in [0, 0.1) is 5.41 Å². The van der Waals surface area contributed by atoms with E-state index in [0.717, 1.165) is 24.9 Å². The molecule has 0 spiro atoms. The van der Waals surface area contributed by atoms with Crippen LogP contribution in [-0.4, -0.2) is 35.2 Å². The number of carbonyl (C=O) groups is 1. The van der Waals surface area contributed by atoms with Crippen LogP contribution in [0.1, 0.15) is 37.1 Å². The molecular formula is C21H22N2O3. The summed E-state index contributed by atoms with van der Waals surface area (Å²) in [4.78, 5) is 15.6. The first-order chi connectivity index (χ1) is 12.7. The van der Waals surface area contributed by atoms with Gasteiger partial charge < -0.3 is 18.9 Å². The zero-order chi connectivity index (χ0) is 17.7. The Labute approximate surface area is 152 Å². The third-order valence-electron chi connectivity index (χ3n) is 7.21. The molecule has 0 unspecified atom stereocenters. The molecule has 0 amide bonds. The van der Waals surface area contributed by atoms with E-state index in [1.54, 1.807) is 0 Å². The van der Waals surface area contributed by atoms with Gasteiger partial charge in [-0.15, -0.1) is 0 Å². The van der Waals surface area contributed by atoms with Gasteiger partial charge in [-0.25, -0.2) is 4.79 Å². The summed E-state index contributed by atoms with van der Waals surface area (Å²) in [6.07, 6.45) is 6.92. The molecular weight excluding hydrogens is 328 g/mol. The van der Waals surface area contributed by atoms with Crippen LogP contribution in [0.2, 0.25) is 0 Å². The molecule has 1 fully saturated rings. The van der Waals surface area contributed by atoms with Crippen LogP contribution in [0.4, 0.5) is 0 Å². The molecule has 0 aliphatic carbocycles. The number of benzene rings is 1. The molecule has 5 heterocycles. The summed E-state index contributed by atoms with van der Waals surface area (Å²) in [5.41, 5.74) is 2.59. The van der Waals surface area contributed by atoms with Gasteiger partial charge >= 0.3 is 5.97 Å². The van der Waals surface area contributed by atoms with Gasteiger partial charge in [-0.3, -0.25) is 0 Å². The standard InChI is InChI=1S/C21H22N2O3/c1-3-20-12-21(19(24)25-2)23-15-7-5-4-6-13(15)14-8-10-22(18(20)17(14)23)11-9-16(20)26-21/h4-7,9,11,16,18H,3,8,10,12H2,1-2H3/t16-,18-,20-,21+/m1/s1. The van der Waals surface area contributed by atoms with Crippen molar-refractivity contribution in [3.05, 3.63) is 47.8 Å². The fourth-order valence-corrected chi connectivity index (χ4v) is 6.17. The molecule has 0 radical (unpaired) electrons. The molecule has 134 valence electrons. The second kappa shape index (κ2) is 4.52. The number of hydrogen-bond acceptors (Lipinski definition) is 4. The van der Waals surface area contributed by atoms with Gasteiger partial charge in [0, 0.05) is 29.5 Å². The lowest BCUT2D eigenvalue weighted by Crippen LogP contribution is -2.54. The highest BCUT2D eigenvalue weighted by Gasteiger charge is 2.70. The molecule has 4 aliphatic rings. The fraction of sp³-hybridized carbons (Fsp3) is 0.476. The number of esters is 1. The topological polar surface area (TPSA) is 43.7 Å². The molecule has 0 saturated carbocycles. The van der Waals surface area contributed by atoms with Crippen LogP contribution < -0.4 is 0 Å². The van der Waals surface area contributed by atoms with Crippen molar-refractivity contribution in [2.45, 2.75) is 44.1 Å². The number of carbonyl (C=O) groups excluding carboxylic acids is 1. The number of methoxy groups -OCH3 is 1. The number of ether oxygens (including phenoxy) is 2. The molecule has 1 aromatic heterocycles. The summed E-state index contributed by atoms with van der Waals surface area (Å²) in [5.74, 6) is -0.285. The van der Waals surface area contributed by atoms with Crippen molar-refractivity contribution >= 4 is 16.9 Å². The average Bonchev–Trinajstić information content (AvgIpc) is 3.19. The Hall–Kier alpha value is -2.27. The third-order valence-corrected chi connectivity index (χ3v) is 7.21. The molecule has 1 saturated heterocycles. The molecule has 4 aliphatic heterocycles. The molecule has 6 rings (SSSR count). The molecule has 5 nitrogen and oxygen atoms in total. The van der Waals surface area contributed by atoms with Gasteiger partial charge in [0.15, 0.2) is 0 Å². The quantitative estimate of drug-likeness (QED) is 0.781. The first-order valence-electron chi connectivity index (χ1n) is 9.49. The highest BCUT2D eigenvalue weighted by Crippen LogP contribution is 2.66. The van der Waals surface area contributed by atoms with Gasteiger partial charge in [-0.2, -0.15) is 0 Å². The maximum Gasteiger partial charge on any atom is 0.360 e. The molecule has 0 N–H and O–H groups in total. The van der Waals surface area contributed by atoms with Crippen molar-refractivity contribution in [1.29, 1.82) is 0 Å². The van der Waals surface area contributed by atoms with Crippen molar-refractivity contribution in [3.8, 4) is 0 Å². The van der Waals surface area contributed by atoms with Gasteiger partial charge in [0.1, 0.15) is 0 Å². The number of nitrogens with zero attached hydrogens (tertiary/aromatic N) is 2. The fourth-order valence-electron chi connectivity index (χ4n) is 6.17. The van der Waals surface area contributed by atoms with Crippen molar-refractivity contribution in [3.63, 3.8) is 0 Å². The van der Waals surface area contributed by atoms with Crippen LogP contribution in [0.15, 0.2) is 36.5 Å². The minimum absolute atomic E-state index is 0.0579. The first-order valence-corrected chi connectivity index (χ1v) is 9.49. The van der Waals surface area contributed by atoms with E-state index in [4.69, 9.17) is 9.47 Å². The average molecular weight is 350 g/mol. The molecule has 5 heteroatoms. The minimum Gasteiger partial charge on any atom is -0.465 e. The third kappa shape index (κ3) is 1.36. The maximum absolute atomic E-state index is 13.1. The predicted molar refractivity (Wildman–Crippen MR) is 96.4 cm³/mol. The first kappa shape index (κ1) is 14.9. The molecule has 26 heavy (non-hydrogen) atoms. The Bertz CT molecular complexity index is 993. The Kier molecular flexibility index (Phi) is 2.58. The normalized spacial score (nSPS) is 35.8. The highest BCUT2D eigenvalue weighted by atomic mass is 16.6. The van der Waals surface area contributed by atoms with E-state index in [2.05, 4.69) is 46.9 Å². The van der Waals surface area contributed by atoms with E-state index < -0.39 is 5.72 Å². The lowest BCUT2D eigenvalue weighted by atomic mass is 9.64. The van der Waals surface area contributed by atoms with Crippen molar-refractivity contribution in [1.82, 2.24) is 9.47 Å². The lowest BCUT2D eigenvalue weighted by molar-refractivity contribution is -0.180. The molecule has 2 bridgehead atoms. The summed E-state index contributed by atoms with van der Waals surface area (Å²) in [7, 11) is 1.47. The summed E-state index contributed by atoms with van der Waals surface area (Å²) >= 11 is 0. The van der Waals surface area contributed by atoms with Crippen LogP contribution in [0.25, 0.3) is 10.9 Å². The Balaban J connectivity index is 1.79. The second-order valence-electron chi connectivity index (χ2n) is 8.03. The predicted octanol–water partition coefficient (Wildman–Crippen LogP) is 3.09. The summed E-state index contributed by atoms with van der Waals surface area (Å²) in [6, 6.07) is 8.68. The van der Waals surface area contributed by atoms with Crippen LogP contribution in [0.5, 0.6) is 0 Å². The SMILES string of the molecule is CC[C@@]12C[C@@]3(C(=O)OC)O[C@@H]1C=CN1CCc4c(n3c3ccccc43)[C@@H]12. The second-order valence-corrected chi connectivity index (χ2v) is 8.03. The van der Waals surface area contributed by atoms with Crippen molar-refractivity contribution in [2.75, 3.05) is 13.7 Å². The van der Waals surface area contributed by atoms with Gasteiger partial charge in [0.25, 0.3) is 0 Å². The highest BCUT2D eigenvalue weighted by molar-refractivity contribution is 5.90. The number of rotatable bonds is 2. The molecule has 4 atom stereocenters. The van der Waals surface area contributed by atoms with E-state index >= 15 is 0 Å². The largest absolute Gasteiger partial charge is 0.465 e. The smallest absolute Gasteiger partial charge is 0.360 e. The van der Waals surface area contributed by atoms with E-state index in [9.17, 15) is 4.79 Å². The number of fused-ring (bicyclic) bond motifs is 5. The number of aromatic nitrogens is 1. The van der Waals surface area contributed by atoms with E-state index in [1.807, 2.05) is 6.07 Å². The number of para-hydroxylation sites is 1. The van der Waals surface area contributed by atoms with E-state index in [0.29, 0.717) is 6.42 Å². The van der Waals surface area contributed by atoms with Crippen LogP contribution in [0.3, 0.4) is 0 Å². The number of hydrogen-bond donors (Lipinski definition) is 0. The monoisotopic (exact) mass is 350 g/mol. The molecule has 2 aromatic rings. The zero-order valence-corrected chi connectivity index (χ0v) is 15.1. The van der Waals surface area contributed by atoms with E-state index in [1.165, 1.54) is 23.8 Å². The summed E-state index contributed by atoms with van der Waals surface area (Å²) in [5, 5.41) is 1.25. The van der Waals surface area contributed by atoms with Gasteiger partial charge in [0.2, 0.25) is 5.72 Å². The Morgan fingerprint density at radius 1 is 1.38 bits per heavy atom. The van der Waals surface area contributed by atoms with Gasteiger partial charge in [-0.05, 0) is 36.7 Å². The Morgan fingerprint density at radius 3 is 3.04 bits per heavy atom. The minimum atomic E-state index is -1.06. The lowest BCUT2D eigenvalue weighted by Gasteiger charge is -2.52. The van der Waals surface area contributed by atoms with Crippen molar-refractivity contribution < 1.29 is 14.3 Å². The summed E-state index contributed by atoms with van der Waals surface area (Å²) in [6.45, 7) is 3.25. The molecule has 1 aromatic carbocycles. The van der Waals surface area contributed by atoms with Gasteiger partial charge in [0.05, 0.1) is 24.8 Å². The van der Waals surface area contributed by atoms with Crippen LogP contribution >= 0.6 is 0 Å². The zero-order valence-electron chi connectivity index (χ0n) is 15.1. The van der Waals surface area contributed by atoms with Crippen LogP contribution in [-0.2, 0) is 26.4 Å². The van der Waals surface area contributed by atoms with Crippen molar-refractivity contribution in [2.24, 2.45) is 5.41 Å². The maximum atomic E-state index is 13.1.